The van der Waals surface area contributed by atoms with Crippen LogP contribution in [0.1, 0.15) is 31.2 Å². The van der Waals surface area contributed by atoms with Crippen LogP contribution in [0, 0.1) is 0 Å². The fraction of sp³-hybridized carbons (Fsp3) is 0.391. The summed E-state index contributed by atoms with van der Waals surface area (Å²) in [5.41, 5.74) is 3.24. The van der Waals surface area contributed by atoms with E-state index in [1.54, 1.807) is 6.20 Å². The Morgan fingerprint density at radius 3 is 3.00 bits per heavy atom. The van der Waals surface area contributed by atoms with Crippen molar-refractivity contribution in [3.8, 4) is 0 Å². The molecule has 1 aliphatic heterocycles. The second-order valence-electron chi connectivity index (χ2n) is 8.26. The Morgan fingerprint density at radius 1 is 1.23 bits per heavy atom. The number of hydrogen-bond acceptors (Lipinski definition) is 5. The number of anilines is 2. The molecule has 5 rings (SSSR count). The molecule has 162 valence electrons. The summed E-state index contributed by atoms with van der Waals surface area (Å²) in [6.07, 6.45) is 8.08. The van der Waals surface area contributed by atoms with Gasteiger partial charge in [0.2, 0.25) is 0 Å². The summed E-state index contributed by atoms with van der Waals surface area (Å²) in [7, 11) is 2.07. The molecule has 3 aromatic heterocycles. The molecule has 1 aromatic carbocycles. The monoisotopic (exact) mass is 482 g/mol. The zero-order valence-electron chi connectivity index (χ0n) is 17.6. The first-order valence-electron chi connectivity index (χ1n) is 10.8. The van der Waals surface area contributed by atoms with Crippen molar-refractivity contribution in [2.45, 2.75) is 38.3 Å². The van der Waals surface area contributed by atoms with E-state index in [-0.39, 0.29) is 6.61 Å². The highest BCUT2D eigenvalue weighted by Crippen LogP contribution is 2.30. The fourth-order valence-electron chi connectivity index (χ4n) is 4.58. The summed E-state index contributed by atoms with van der Waals surface area (Å²) in [6, 6.07) is 11.1. The Kier molecular flexibility index (Phi) is 5.58. The van der Waals surface area contributed by atoms with Crippen LogP contribution in [0.2, 0.25) is 0 Å². The van der Waals surface area contributed by atoms with Crippen molar-refractivity contribution >= 4 is 44.1 Å². The Bertz CT molecular complexity index is 1210. The van der Waals surface area contributed by atoms with Crippen LogP contribution < -0.4 is 10.2 Å². The number of aromatic nitrogens is 4. The Morgan fingerprint density at radius 2 is 2.13 bits per heavy atom. The molecular formula is C23H27BrN6O. The van der Waals surface area contributed by atoms with Crippen LogP contribution >= 0.6 is 15.9 Å². The summed E-state index contributed by atoms with van der Waals surface area (Å²) < 4.78 is 4.85. The largest absolute Gasteiger partial charge is 0.396 e. The zero-order chi connectivity index (χ0) is 21.4. The van der Waals surface area contributed by atoms with Crippen molar-refractivity contribution in [3.05, 3.63) is 52.8 Å². The van der Waals surface area contributed by atoms with Crippen LogP contribution in [0.25, 0.3) is 16.6 Å². The Hall–Kier alpha value is -2.58. The van der Waals surface area contributed by atoms with Gasteiger partial charge in [0.15, 0.2) is 5.65 Å². The summed E-state index contributed by atoms with van der Waals surface area (Å²) in [6.45, 7) is 1.86. The van der Waals surface area contributed by atoms with Crippen LogP contribution in [0.3, 0.4) is 0 Å². The van der Waals surface area contributed by atoms with E-state index in [4.69, 9.17) is 4.98 Å². The Balaban J connectivity index is 1.46. The number of hydrogen-bond donors (Lipinski definition) is 2. The predicted octanol–water partition coefficient (Wildman–Crippen LogP) is 4.34. The topological polar surface area (TPSA) is 70.6 Å². The molecule has 1 saturated heterocycles. The first kappa shape index (κ1) is 20.3. The molecule has 0 amide bonds. The lowest BCUT2D eigenvalue weighted by atomic mass is 9.99. The van der Waals surface area contributed by atoms with Gasteiger partial charge in [-0.1, -0.05) is 6.07 Å². The van der Waals surface area contributed by atoms with Gasteiger partial charge in [0.25, 0.3) is 0 Å². The molecule has 0 radical (unpaired) electrons. The summed E-state index contributed by atoms with van der Waals surface area (Å²) in [5, 5.41) is 18.8. The van der Waals surface area contributed by atoms with E-state index in [0.717, 1.165) is 47.6 Å². The molecule has 0 spiro atoms. The fourth-order valence-corrected chi connectivity index (χ4v) is 4.93. The Labute approximate surface area is 189 Å². The molecule has 0 bridgehead atoms. The lowest BCUT2D eigenvalue weighted by molar-refractivity contribution is 0.262. The third-order valence-electron chi connectivity index (χ3n) is 6.22. The van der Waals surface area contributed by atoms with Crippen molar-refractivity contribution in [1.29, 1.82) is 0 Å². The maximum atomic E-state index is 9.53. The molecule has 4 aromatic rings. The first-order chi connectivity index (χ1) is 15.1. The second kappa shape index (κ2) is 8.51. The average Bonchev–Trinajstić information content (AvgIpc) is 3.35. The van der Waals surface area contributed by atoms with E-state index in [0.29, 0.717) is 12.6 Å². The number of benzene rings is 1. The number of aryl methyl sites for hydroxylation is 1. The number of fused-ring (bicyclic) bond motifs is 2. The molecule has 1 aliphatic rings. The van der Waals surface area contributed by atoms with Gasteiger partial charge in [0.1, 0.15) is 11.6 Å². The maximum Gasteiger partial charge on any atom is 0.173 e. The third kappa shape index (κ3) is 3.90. The number of halogens is 1. The molecule has 31 heavy (non-hydrogen) atoms. The molecule has 4 heterocycles. The smallest absolute Gasteiger partial charge is 0.173 e. The molecule has 7 nitrogen and oxygen atoms in total. The minimum absolute atomic E-state index is 0.201. The molecular weight excluding hydrogens is 456 g/mol. The molecule has 0 saturated carbocycles. The van der Waals surface area contributed by atoms with Crippen LogP contribution in [-0.2, 0) is 13.6 Å². The minimum atomic E-state index is 0.201. The van der Waals surface area contributed by atoms with Gasteiger partial charge in [-0.2, -0.15) is 9.61 Å². The van der Waals surface area contributed by atoms with Gasteiger partial charge >= 0.3 is 0 Å². The average molecular weight is 483 g/mol. The van der Waals surface area contributed by atoms with Crippen LogP contribution in [0.4, 0.5) is 11.6 Å². The highest BCUT2D eigenvalue weighted by atomic mass is 79.9. The van der Waals surface area contributed by atoms with Gasteiger partial charge < -0.3 is 19.9 Å². The van der Waals surface area contributed by atoms with Crippen LogP contribution in [-0.4, -0.2) is 43.5 Å². The third-order valence-corrected chi connectivity index (χ3v) is 6.78. The summed E-state index contributed by atoms with van der Waals surface area (Å²) in [4.78, 5) is 7.25. The molecule has 8 heteroatoms. The number of aliphatic hydroxyl groups is 1. The van der Waals surface area contributed by atoms with E-state index in [9.17, 15) is 5.11 Å². The molecule has 2 N–H and O–H groups in total. The predicted molar refractivity (Wildman–Crippen MR) is 128 cm³/mol. The lowest BCUT2D eigenvalue weighted by Gasteiger charge is -2.36. The van der Waals surface area contributed by atoms with Gasteiger partial charge in [-0.3, -0.25) is 0 Å². The van der Waals surface area contributed by atoms with E-state index >= 15 is 0 Å². The second-order valence-corrected chi connectivity index (χ2v) is 9.11. The van der Waals surface area contributed by atoms with Crippen molar-refractivity contribution in [2.75, 3.05) is 23.4 Å². The van der Waals surface area contributed by atoms with Gasteiger partial charge in [-0.25, -0.2) is 4.98 Å². The number of piperidine rings is 1. The zero-order valence-corrected chi connectivity index (χ0v) is 19.2. The van der Waals surface area contributed by atoms with Crippen molar-refractivity contribution in [1.82, 2.24) is 19.2 Å². The van der Waals surface area contributed by atoms with E-state index in [2.05, 4.69) is 79.4 Å². The quantitative estimate of drug-likeness (QED) is 0.427. The minimum Gasteiger partial charge on any atom is -0.396 e. The SMILES string of the molecule is Cn1ccc2cc(CNc3cc(N4CCCC[C@H]4CCO)nc4c(Br)cnn34)ccc21. The van der Waals surface area contributed by atoms with Gasteiger partial charge in [0, 0.05) is 50.6 Å². The van der Waals surface area contributed by atoms with Crippen LogP contribution in [0.5, 0.6) is 0 Å². The van der Waals surface area contributed by atoms with Gasteiger partial charge in [-0.15, -0.1) is 0 Å². The number of rotatable bonds is 6. The molecule has 0 unspecified atom stereocenters. The van der Waals surface area contributed by atoms with Crippen molar-refractivity contribution < 1.29 is 5.11 Å². The van der Waals surface area contributed by atoms with Crippen molar-refractivity contribution in [2.24, 2.45) is 7.05 Å². The van der Waals surface area contributed by atoms with E-state index in [1.807, 2.05) is 4.52 Å². The summed E-state index contributed by atoms with van der Waals surface area (Å²) in [5.74, 6) is 1.85. The number of nitrogens with zero attached hydrogens (tertiary/aromatic N) is 5. The van der Waals surface area contributed by atoms with E-state index < -0.39 is 0 Å². The standard InChI is InChI=1S/C23H27BrN6O/c1-28-10-7-17-12-16(5-6-20(17)28)14-25-21-13-22(27-23-19(24)15-26-30(21)23)29-9-3-2-4-18(29)8-11-31/h5-7,10,12-13,15,18,25,31H,2-4,8-9,11,14H2,1H3/t18-/m0/s1. The first-order valence-corrected chi connectivity index (χ1v) is 11.6. The maximum absolute atomic E-state index is 9.53. The molecule has 1 fully saturated rings. The van der Waals surface area contributed by atoms with Gasteiger partial charge in [-0.05, 0) is 70.8 Å². The molecule has 1 atom stereocenters. The number of nitrogens with one attached hydrogen (secondary N) is 1. The van der Waals surface area contributed by atoms with Gasteiger partial charge in [0.05, 0.1) is 10.7 Å². The highest BCUT2D eigenvalue weighted by Gasteiger charge is 2.24. The lowest BCUT2D eigenvalue weighted by Crippen LogP contribution is -2.40. The van der Waals surface area contributed by atoms with Crippen molar-refractivity contribution in [3.63, 3.8) is 0 Å². The van der Waals surface area contributed by atoms with E-state index in [1.165, 1.54) is 22.9 Å². The van der Waals surface area contributed by atoms with Crippen LogP contribution in [0.15, 0.2) is 47.2 Å². The number of aliphatic hydroxyl groups excluding tert-OH is 1. The normalized spacial score (nSPS) is 17.0. The molecule has 0 aliphatic carbocycles. The summed E-state index contributed by atoms with van der Waals surface area (Å²) >= 11 is 3.60. The highest BCUT2D eigenvalue weighted by molar-refractivity contribution is 9.10.